The molecule has 2 saturated heterocycles. The van der Waals surface area contributed by atoms with Gasteiger partial charge in [0.2, 0.25) is 6.29 Å². The lowest BCUT2D eigenvalue weighted by atomic mass is 9.97. The lowest BCUT2D eigenvalue weighted by Crippen LogP contribution is -2.64. The first-order valence-electron chi connectivity index (χ1n) is 12.0. The molecule has 12 nitrogen and oxygen atoms in total. The number of hydrogen-bond donors (Lipinski definition) is 7. The van der Waals surface area contributed by atoms with Gasteiger partial charge in [0.15, 0.2) is 6.29 Å². The van der Waals surface area contributed by atoms with E-state index in [2.05, 4.69) is 6.92 Å². The van der Waals surface area contributed by atoms with Gasteiger partial charge in [-0.25, -0.2) is 0 Å². The summed E-state index contributed by atoms with van der Waals surface area (Å²) < 4.78 is 21.3. The SMILES string of the molecule is CCCCCCCCCC(=O)O[C@@H]1O[C@H](CO)[C@@H](O[C@H]2O[C@H](CO)[C@@H](O)[C@H](O)[C@H]2O)[C@H](O)[C@H]1O. The summed E-state index contributed by atoms with van der Waals surface area (Å²) in [6, 6.07) is 0. The second-order valence-electron chi connectivity index (χ2n) is 8.87. The Morgan fingerprint density at radius 2 is 1.26 bits per heavy atom. The highest BCUT2D eigenvalue weighted by atomic mass is 16.7. The summed E-state index contributed by atoms with van der Waals surface area (Å²) in [6.07, 6.45) is -8.41. The van der Waals surface area contributed by atoms with Crippen molar-refractivity contribution in [3.8, 4) is 0 Å². The summed E-state index contributed by atoms with van der Waals surface area (Å²) in [6.45, 7) is 0.759. The van der Waals surface area contributed by atoms with Crippen LogP contribution in [0.4, 0.5) is 0 Å². The summed E-state index contributed by atoms with van der Waals surface area (Å²) in [5.74, 6) is -0.616. The van der Waals surface area contributed by atoms with E-state index in [1.54, 1.807) is 0 Å². The van der Waals surface area contributed by atoms with Crippen LogP contribution in [-0.4, -0.2) is 116 Å². The Kier molecular flexibility index (Phi) is 12.6. The molecule has 34 heavy (non-hydrogen) atoms. The summed E-state index contributed by atoms with van der Waals surface area (Å²) >= 11 is 0. The summed E-state index contributed by atoms with van der Waals surface area (Å²) in [4.78, 5) is 12.2. The largest absolute Gasteiger partial charge is 0.433 e. The number of carbonyl (C=O) groups excluding carboxylic acids is 1. The van der Waals surface area contributed by atoms with Gasteiger partial charge in [-0.1, -0.05) is 45.4 Å². The van der Waals surface area contributed by atoms with E-state index in [1.165, 1.54) is 6.42 Å². The van der Waals surface area contributed by atoms with E-state index in [9.17, 15) is 40.5 Å². The molecule has 0 aromatic heterocycles. The molecule has 7 N–H and O–H groups in total. The second-order valence-corrected chi connectivity index (χ2v) is 8.87. The fraction of sp³-hybridized carbons (Fsp3) is 0.955. The standard InChI is InChI=1S/C22H40O12/c1-2-3-4-5-6-7-8-9-14(25)33-21-19(30)17(28)20(13(11-24)32-21)34-22-18(29)16(27)15(26)12(10-23)31-22/h12-13,15-24,26-30H,2-11H2,1H3/t12-,13-,15-,16+,17-,18-,19-,20-,21+,22-/m1/s1. The maximum Gasteiger partial charge on any atom is 0.308 e. The van der Waals surface area contributed by atoms with Gasteiger partial charge in [-0.3, -0.25) is 4.79 Å². The van der Waals surface area contributed by atoms with Crippen molar-refractivity contribution >= 4 is 5.97 Å². The molecule has 0 aromatic rings. The van der Waals surface area contributed by atoms with Crippen LogP contribution in [0.15, 0.2) is 0 Å². The van der Waals surface area contributed by atoms with Gasteiger partial charge in [0.05, 0.1) is 13.2 Å². The molecule has 2 rings (SSSR count). The van der Waals surface area contributed by atoms with Crippen molar-refractivity contribution in [1.29, 1.82) is 0 Å². The third kappa shape index (κ3) is 7.79. The first-order valence-corrected chi connectivity index (χ1v) is 12.0. The van der Waals surface area contributed by atoms with Crippen molar-refractivity contribution in [2.24, 2.45) is 0 Å². The number of aliphatic hydroxyl groups excluding tert-OH is 7. The van der Waals surface area contributed by atoms with Crippen LogP contribution in [0.25, 0.3) is 0 Å². The molecule has 2 heterocycles. The maximum absolute atomic E-state index is 12.2. The van der Waals surface area contributed by atoms with Gasteiger partial charge in [0, 0.05) is 6.42 Å². The summed E-state index contributed by atoms with van der Waals surface area (Å²) in [5, 5.41) is 69.8. The van der Waals surface area contributed by atoms with Crippen molar-refractivity contribution in [2.45, 2.75) is 120 Å². The van der Waals surface area contributed by atoms with Crippen LogP contribution in [-0.2, 0) is 23.7 Å². The van der Waals surface area contributed by atoms with Crippen LogP contribution in [0.3, 0.4) is 0 Å². The first-order chi connectivity index (χ1) is 16.2. The smallest absolute Gasteiger partial charge is 0.308 e. The molecule has 0 bridgehead atoms. The van der Waals surface area contributed by atoms with E-state index in [0.717, 1.165) is 32.1 Å². The number of unbranched alkanes of at least 4 members (excludes halogenated alkanes) is 6. The zero-order valence-corrected chi connectivity index (χ0v) is 19.5. The summed E-state index contributed by atoms with van der Waals surface area (Å²) in [5.41, 5.74) is 0. The van der Waals surface area contributed by atoms with Crippen LogP contribution >= 0.6 is 0 Å². The van der Waals surface area contributed by atoms with Gasteiger partial charge in [0.1, 0.15) is 48.8 Å². The maximum atomic E-state index is 12.2. The molecule has 0 aliphatic carbocycles. The number of ether oxygens (including phenoxy) is 4. The molecule has 0 unspecified atom stereocenters. The number of carbonyl (C=O) groups is 1. The van der Waals surface area contributed by atoms with Crippen LogP contribution < -0.4 is 0 Å². The van der Waals surface area contributed by atoms with E-state index >= 15 is 0 Å². The molecule has 0 spiro atoms. The Hall–Kier alpha value is -0.930. The molecule has 200 valence electrons. The molecule has 12 heteroatoms. The summed E-state index contributed by atoms with van der Waals surface area (Å²) in [7, 11) is 0. The van der Waals surface area contributed by atoms with Crippen molar-refractivity contribution < 1.29 is 59.5 Å². The fourth-order valence-corrected chi connectivity index (χ4v) is 4.07. The quantitative estimate of drug-likeness (QED) is 0.113. The van der Waals surface area contributed by atoms with Gasteiger partial charge >= 0.3 is 5.97 Å². The molecule has 2 aliphatic rings. The average molecular weight is 497 g/mol. The Labute approximate surface area is 199 Å². The predicted octanol–water partition coefficient (Wildman–Crippen LogP) is -1.71. The zero-order valence-electron chi connectivity index (χ0n) is 19.5. The zero-order chi connectivity index (χ0) is 25.3. The Morgan fingerprint density at radius 1 is 0.706 bits per heavy atom. The van der Waals surface area contributed by atoms with Crippen LogP contribution in [0.1, 0.15) is 58.3 Å². The molecule has 0 radical (unpaired) electrons. The topological polar surface area (TPSA) is 196 Å². The van der Waals surface area contributed by atoms with Crippen molar-refractivity contribution in [1.82, 2.24) is 0 Å². The van der Waals surface area contributed by atoms with E-state index in [4.69, 9.17) is 18.9 Å². The van der Waals surface area contributed by atoms with Crippen molar-refractivity contribution in [3.63, 3.8) is 0 Å². The minimum Gasteiger partial charge on any atom is -0.433 e. The Morgan fingerprint density at radius 3 is 1.88 bits per heavy atom. The molecular weight excluding hydrogens is 456 g/mol. The predicted molar refractivity (Wildman–Crippen MR) is 115 cm³/mol. The van der Waals surface area contributed by atoms with Crippen LogP contribution in [0.2, 0.25) is 0 Å². The monoisotopic (exact) mass is 496 g/mol. The number of aliphatic hydroxyl groups is 7. The molecular formula is C22H40O12. The molecule has 0 aromatic carbocycles. The van der Waals surface area contributed by atoms with E-state index in [0.29, 0.717) is 6.42 Å². The lowest BCUT2D eigenvalue weighted by Gasteiger charge is -2.45. The molecule has 2 fully saturated rings. The van der Waals surface area contributed by atoms with Gasteiger partial charge < -0.3 is 54.7 Å². The highest BCUT2D eigenvalue weighted by molar-refractivity contribution is 5.69. The number of esters is 1. The normalized spacial score (nSPS) is 38.6. The third-order valence-electron chi connectivity index (χ3n) is 6.19. The Balaban J connectivity index is 1.88. The van der Waals surface area contributed by atoms with Gasteiger partial charge in [-0.2, -0.15) is 0 Å². The van der Waals surface area contributed by atoms with E-state index in [-0.39, 0.29) is 6.42 Å². The highest BCUT2D eigenvalue weighted by Crippen LogP contribution is 2.29. The first kappa shape index (κ1) is 29.3. The fourth-order valence-electron chi connectivity index (χ4n) is 4.07. The molecule has 0 saturated carbocycles. The van der Waals surface area contributed by atoms with Gasteiger partial charge in [-0.15, -0.1) is 0 Å². The van der Waals surface area contributed by atoms with Gasteiger partial charge in [-0.05, 0) is 6.42 Å². The van der Waals surface area contributed by atoms with Crippen LogP contribution in [0.5, 0.6) is 0 Å². The van der Waals surface area contributed by atoms with Crippen LogP contribution in [0, 0.1) is 0 Å². The van der Waals surface area contributed by atoms with Gasteiger partial charge in [0.25, 0.3) is 0 Å². The number of rotatable bonds is 13. The Bertz CT molecular complexity index is 588. The van der Waals surface area contributed by atoms with Crippen molar-refractivity contribution in [3.05, 3.63) is 0 Å². The minimum absolute atomic E-state index is 0.116. The lowest BCUT2D eigenvalue weighted by molar-refractivity contribution is -0.355. The molecule has 2 aliphatic heterocycles. The average Bonchev–Trinajstić information content (AvgIpc) is 2.83. The number of hydrogen-bond acceptors (Lipinski definition) is 12. The minimum atomic E-state index is -1.75. The second kappa shape index (κ2) is 14.6. The third-order valence-corrected chi connectivity index (χ3v) is 6.19. The van der Waals surface area contributed by atoms with Crippen molar-refractivity contribution in [2.75, 3.05) is 13.2 Å². The van der Waals surface area contributed by atoms with E-state index in [1.807, 2.05) is 0 Å². The molecule has 10 atom stereocenters. The molecule has 0 amide bonds. The van der Waals surface area contributed by atoms with E-state index < -0.39 is 80.6 Å². The highest BCUT2D eigenvalue weighted by Gasteiger charge is 2.51.